The van der Waals surface area contributed by atoms with Gasteiger partial charge in [0.25, 0.3) is 0 Å². The molecule has 2 aliphatic heterocycles. The third-order valence-electron chi connectivity index (χ3n) is 4.58. The van der Waals surface area contributed by atoms with Gasteiger partial charge in [-0.25, -0.2) is 4.79 Å². The molecule has 1 aromatic rings. The average Bonchev–Trinajstić information content (AvgIpc) is 2.67. The van der Waals surface area contributed by atoms with Crippen molar-refractivity contribution in [3.05, 3.63) is 28.3 Å². The van der Waals surface area contributed by atoms with Gasteiger partial charge in [-0.2, -0.15) is 0 Å². The molecular formula is C16H22N2O5. The first-order valence-corrected chi connectivity index (χ1v) is 7.83. The Balaban J connectivity index is 1.64. The van der Waals surface area contributed by atoms with Crippen molar-refractivity contribution in [1.29, 1.82) is 0 Å². The monoisotopic (exact) mass is 322 g/mol. The zero-order valence-electron chi connectivity index (χ0n) is 13.5. The van der Waals surface area contributed by atoms with E-state index in [-0.39, 0.29) is 22.9 Å². The summed E-state index contributed by atoms with van der Waals surface area (Å²) in [5.41, 5.74) is -0.534. The first-order valence-electron chi connectivity index (χ1n) is 7.83. The van der Waals surface area contributed by atoms with Crippen molar-refractivity contribution < 1.29 is 18.7 Å². The Kier molecular flexibility index (Phi) is 4.30. The molecule has 2 aliphatic rings. The second-order valence-electron chi connectivity index (χ2n) is 6.32. The maximum Gasteiger partial charge on any atom is 0.410 e. The Morgan fingerprint density at radius 1 is 1.30 bits per heavy atom. The second-order valence-corrected chi connectivity index (χ2v) is 6.32. The zero-order valence-corrected chi connectivity index (χ0v) is 13.5. The highest BCUT2D eigenvalue weighted by Gasteiger charge is 2.44. The molecule has 0 aliphatic carbocycles. The Hall–Kier alpha value is -2.02. The van der Waals surface area contributed by atoms with Crippen LogP contribution in [0.4, 0.5) is 4.79 Å². The van der Waals surface area contributed by atoms with E-state index in [0.717, 1.165) is 32.4 Å². The molecule has 0 N–H and O–H groups in total. The molecule has 0 bridgehead atoms. The molecule has 1 amide bonds. The SMILES string of the molecule is COc1coc(CN2CCC[C@]3(CC2)CN(C)C(=O)O3)cc1=O. The molecule has 3 rings (SSSR count). The summed E-state index contributed by atoms with van der Waals surface area (Å²) >= 11 is 0. The van der Waals surface area contributed by atoms with Crippen molar-refractivity contribution >= 4 is 6.09 Å². The summed E-state index contributed by atoms with van der Waals surface area (Å²) in [6.07, 6.45) is 3.72. The highest BCUT2D eigenvalue weighted by molar-refractivity contribution is 5.70. The number of carbonyl (C=O) groups excluding carboxylic acids is 1. The molecule has 0 unspecified atom stereocenters. The third kappa shape index (κ3) is 3.34. The van der Waals surface area contributed by atoms with E-state index in [1.165, 1.54) is 19.4 Å². The summed E-state index contributed by atoms with van der Waals surface area (Å²) in [6, 6.07) is 1.48. The van der Waals surface area contributed by atoms with E-state index in [9.17, 15) is 9.59 Å². The van der Waals surface area contributed by atoms with Crippen LogP contribution in [0, 0.1) is 0 Å². The van der Waals surface area contributed by atoms with Crippen molar-refractivity contribution in [3.63, 3.8) is 0 Å². The number of methoxy groups -OCH3 is 1. The van der Waals surface area contributed by atoms with Crippen molar-refractivity contribution in [2.75, 3.05) is 33.8 Å². The summed E-state index contributed by atoms with van der Waals surface area (Å²) < 4.78 is 16.0. The van der Waals surface area contributed by atoms with Crippen molar-refractivity contribution in [3.8, 4) is 5.75 Å². The van der Waals surface area contributed by atoms with Gasteiger partial charge in [-0.15, -0.1) is 0 Å². The highest BCUT2D eigenvalue weighted by Crippen LogP contribution is 2.32. The van der Waals surface area contributed by atoms with Crippen LogP contribution in [0.2, 0.25) is 0 Å². The lowest BCUT2D eigenvalue weighted by Crippen LogP contribution is -2.35. The lowest BCUT2D eigenvalue weighted by atomic mass is 9.95. The van der Waals surface area contributed by atoms with E-state index < -0.39 is 0 Å². The smallest absolute Gasteiger partial charge is 0.410 e. The molecule has 2 fully saturated rings. The topological polar surface area (TPSA) is 72.2 Å². The van der Waals surface area contributed by atoms with E-state index in [4.69, 9.17) is 13.9 Å². The van der Waals surface area contributed by atoms with Crippen LogP contribution in [0.1, 0.15) is 25.0 Å². The maximum atomic E-state index is 11.8. The maximum absolute atomic E-state index is 11.8. The number of ether oxygens (including phenoxy) is 2. The predicted molar refractivity (Wildman–Crippen MR) is 82.5 cm³/mol. The number of hydrogen-bond donors (Lipinski definition) is 0. The number of likely N-dealkylation sites (N-methyl/N-ethyl adjacent to an activating group) is 1. The van der Waals surface area contributed by atoms with Crippen molar-refractivity contribution in [2.45, 2.75) is 31.4 Å². The number of nitrogens with zero attached hydrogens (tertiary/aromatic N) is 2. The van der Waals surface area contributed by atoms with E-state index in [2.05, 4.69) is 4.90 Å². The van der Waals surface area contributed by atoms with Gasteiger partial charge in [-0.3, -0.25) is 9.69 Å². The fourth-order valence-electron chi connectivity index (χ4n) is 3.32. The molecule has 2 saturated heterocycles. The Morgan fingerprint density at radius 2 is 2.13 bits per heavy atom. The van der Waals surface area contributed by atoms with E-state index >= 15 is 0 Å². The number of rotatable bonds is 3. The number of hydrogen-bond acceptors (Lipinski definition) is 6. The van der Waals surface area contributed by atoms with Crippen LogP contribution in [0.15, 0.2) is 21.5 Å². The molecule has 23 heavy (non-hydrogen) atoms. The van der Waals surface area contributed by atoms with Gasteiger partial charge >= 0.3 is 6.09 Å². The molecule has 1 atom stereocenters. The van der Waals surface area contributed by atoms with Crippen LogP contribution in [-0.4, -0.2) is 55.3 Å². The van der Waals surface area contributed by atoms with Crippen LogP contribution in [-0.2, 0) is 11.3 Å². The molecule has 1 spiro atoms. The first kappa shape index (κ1) is 15.9. The van der Waals surface area contributed by atoms with Gasteiger partial charge in [0, 0.05) is 26.1 Å². The minimum absolute atomic E-state index is 0.175. The minimum Gasteiger partial charge on any atom is -0.490 e. The fraction of sp³-hybridized carbons (Fsp3) is 0.625. The quantitative estimate of drug-likeness (QED) is 0.839. The molecule has 7 heteroatoms. The van der Waals surface area contributed by atoms with Gasteiger partial charge in [0.15, 0.2) is 0 Å². The number of carbonyl (C=O) groups is 1. The van der Waals surface area contributed by atoms with Crippen LogP contribution in [0.3, 0.4) is 0 Å². The van der Waals surface area contributed by atoms with Crippen LogP contribution < -0.4 is 10.2 Å². The molecule has 3 heterocycles. The van der Waals surface area contributed by atoms with Crippen LogP contribution >= 0.6 is 0 Å². The molecule has 1 aromatic heterocycles. The summed E-state index contributed by atoms with van der Waals surface area (Å²) in [7, 11) is 3.21. The molecule has 0 saturated carbocycles. The third-order valence-corrected chi connectivity index (χ3v) is 4.58. The van der Waals surface area contributed by atoms with Crippen molar-refractivity contribution in [2.24, 2.45) is 0 Å². The van der Waals surface area contributed by atoms with Crippen LogP contribution in [0.25, 0.3) is 0 Å². The first-order chi connectivity index (χ1) is 11.0. The summed E-state index contributed by atoms with van der Waals surface area (Å²) in [4.78, 5) is 27.3. The number of amides is 1. The van der Waals surface area contributed by atoms with Gasteiger partial charge < -0.3 is 18.8 Å². The zero-order chi connectivity index (χ0) is 16.4. The highest BCUT2D eigenvalue weighted by atomic mass is 16.6. The second kappa shape index (κ2) is 6.23. The molecular weight excluding hydrogens is 300 g/mol. The lowest BCUT2D eigenvalue weighted by Gasteiger charge is -2.25. The van der Waals surface area contributed by atoms with E-state index in [0.29, 0.717) is 18.8 Å². The van der Waals surface area contributed by atoms with Gasteiger partial charge in [0.1, 0.15) is 17.6 Å². The molecule has 0 aromatic carbocycles. The summed E-state index contributed by atoms with van der Waals surface area (Å²) in [5, 5.41) is 0. The molecule has 126 valence electrons. The largest absolute Gasteiger partial charge is 0.490 e. The Morgan fingerprint density at radius 3 is 2.78 bits per heavy atom. The predicted octanol–water partition coefficient (Wildman–Crippen LogP) is 1.46. The normalized spacial score (nSPS) is 25.5. The average molecular weight is 322 g/mol. The minimum atomic E-state index is -0.360. The van der Waals surface area contributed by atoms with Gasteiger partial charge in [-0.1, -0.05) is 0 Å². The number of likely N-dealkylation sites (tertiary alicyclic amines) is 1. The summed E-state index contributed by atoms with van der Waals surface area (Å²) in [6.45, 7) is 2.91. The summed E-state index contributed by atoms with van der Waals surface area (Å²) in [5.74, 6) is 0.830. The van der Waals surface area contributed by atoms with Crippen LogP contribution in [0.5, 0.6) is 5.75 Å². The fourth-order valence-corrected chi connectivity index (χ4v) is 3.32. The molecule has 0 radical (unpaired) electrons. The van der Waals surface area contributed by atoms with Gasteiger partial charge in [-0.05, 0) is 19.4 Å². The molecule has 7 nitrogen and oxygen atoms in total. The van der Waals surface area contributed by atoms with Crippen molar-refractivity contribution in [1.82, 2.24) is 9.80 Å². The Bertz CT molecular complexity index is 644. The standard InChI is InChI=1S/C16H22N2O5/c1-17-11-16(23-15(17)20)4-3-6-18(7-5-16)9-12-8-13(19)14(21-2)10-22-12/h8,10H,3-7,9,11H2,1-2H3/t16-/m0/s1. The lowest BCUT2D eigenvalue weighted by molar-refractivity contribution is 0.0441. The van der Waals surface area contributed by atoms with Gasteiger partial charge in [0.2, 0.25) is 11.2 Å². The van der Waals surface area contributed by atoms with E-state index in [1.54, 1.807) is 11.9 Å². The van der Waals surface area contributed by atoms with Gasteiger partial charge in [0.05, 0.1) is 20.2 Å². The Labute approximate surface area is 134 Å². The van der Waals surface area contributed by atoms with E-state index in [1.807, 2.05) is 0 Å².